The Morgan fingerprint density at radius 3 is 2.50 bits per heavy atom. The van der Waals surface area contributed by atoms with Crippen molar-refractivity contribution in [2.45, 2.75) is 39.2 Å². The molecule has 0 amide bonds. The lowest BCUT2D eigenvalue weighted by atomic mass is 9.95. The van der Waals surface area contributed by atoms with Crippen molar-refractivity contribution in [3.05, 3.63) is 61.0 Å². The Bertz CT molecular complexity index is 1330. The molecule has 0 aliphatic carbocycles. The molecule has 3 aromatic rings. The minimum absolute atomic E-state index is 0.273. The molecule has 0 saturated carbocycles. The zero-order valence-electron chi connectivity index (χ0n) is 19.7. The van der Waals surface area contributed by atoms with Crippen LogP contribution >= 0.6 is 31.9 Å². The molecule has 0 bridgehead atoms. The number of hydrogen-bond acceptors (Lipinski definition) is 7. The number of rotatable bonds is 6. The molecule has 2 aromatic carbocycles. The molecule has 1 atom stereocenters. The third kappa shape index (κ3) is 5.50. The Morgan fingerprint density at radius 1 is 1.18 bits per heavy atom. The first kappa shape index (κ1) is 25.9. The van der Waals surface area contributed by atoms with Crippen LogP contribution in [0.5, 0.6) is 11.5 Å². The van der Waals surface area contributed by atoms with E-state index in [1.165, 1.54) is 18.9 Å². The average Bonchev–Trinajstić information content (AvgIpc) is 2.78. The lowest BCUT2D eigenvalue weighted by Crippen LogP contribution is -2.29. The van der Waals surface area contributed by atoms with E-state index < -0.39 is 17.5 Å². The molecule has 1 aromatic heterocycles. The molecule has 0 aliphatic rings. The lowest BCUT2D eigenvalue weighted by molar-refractivity contribution is -0.147. The number of fused-ring (bicyclic) bond motifs is 1. The fourth-order valence-electron chi connectivity index (χ4n) is 3.19. The van der Waals surface area contributed by atoms with Gasteiger partial charge in [0.1, 0.15) is 5.82 Å². The molecule has 0 radical (unpaired) electrons. The van der Waals surface area contributed by atoms with Crippen molar-refractivity contribution in [3.8, 4) is 11.5 Å². The first-order valence-electron chi connectivity index (χ1n) is 10.4. The number of aromatic nitrogens is 2. The normalized spacial score (nSPS) is 12.7. The highest BCUT2D eigenvalue weighted by molar-refractivity contribution is 9.10. The van der Waals surface area contributed by atoms with Crippen LogP contribution in [0, 0.1) is 0 Å². The summed E-state index contributed by atoms with van der Waals surface area (Å²) in [7, 11) is 2.79. The van der Waals surface area contributed by atoms with Gasteiger partial charge in [0.2, 0.25) is 0 Å². The number of halogens is 2. The molecule has 0 aliphatic heterocycles. The standard InChI is InChI=1S/C24H25Br2N3O5/c1-13(22(31)33-6)34-20-17(26)9-14(10-19(20)32-5)12-27-29-21(30)16-11-15(25)7-8-18(16)28-23(29)24(2,3)4/h7-13H,1-6H3/t13-/m0/s1. The topological polar surface area (TPSA) is 92.0 Å². The van der Waals surface area contributed by atoms with Crippen molar-refractivity contribution in [2.24, 2.45) is 5.10 Å². The van der Waals surface area contributed by atoms with Crippen molar-refractivity contribution >= 4 is 54.9 Å². The summed E-state index contributed by atoms with van der Waals surface area (Å²) in [5, 5.41) is 4.94. The van der Waals surface area contributed by atoms with Crippen LogP contribution in [0.25, 0.3) is 10.9 Å². The van der Waals surface area contributed by atoms with E-state index >= 15 is 0 Å². The van der Waals surface area contributed by atoms with Crippen LogP contribution < -0.4 is 15.0 Å². The minimum atomic E-state index is -0.828. The maximum absolute atomic E-state index is 13.3. The van der Waals surface area contributed by atoms with Gasteiger partial charge in [-0.25, -0.2) is 9.78 Å². The van der Waals surface area contributed by atoms with Crippen LogP contribution in [0.3, 0.4) is 0 Å². The summed E-state index contributed by atoms with van der Waals surface area (Å²) < 4.78 is 18.5. The number of nitrogens with zero attached hydrogens (tertiary/aromatic N) is 3. The van der Waals surface area contributed by atoms with Gasteiger partial charge in [0.15, 0.2) is 17.6 Å². The van der Waals surface area contributed by atoms with Crippen molar-refractivity contribution in [2.75, 3.05) is 14.2 Å². The van der Waals surface area contributed by atoms with Crippen molar-refractivity contribution in [1.29, 1.82) is 0 Å². The van der Waals surface area contributed by atoms with E-state index in [-0.39, 0.29) is 5.56 Å². The molecule has 3 rings (SSSR count). The van der Waals surface area contributed by atoms with Gasteiger partial charge in [0.25, 0.3) is 5.56 Å². The first-order valence-corrected chi connectivity index (χ1v) is 11.9. The van der Waals surface area contributed by atoms with Gasteiger partial charge < -0.3 is 14.2 Å². The molecule has 10 heteroatoms. The predicted molar refractivity (Wildman–Crippen MR) is 138 cm³/mol. The minimum Gasteiger partial charge on any atom is -0.493 e. The smallest absolute Gasteiger partial charge is 0.346 e. The third-order valence-electron chi connectivity index (χ3n) is 4.88. The molecule has 34 heavy (non-hydrogen) atoms. The Labute approximate surface area is 214 Å². The quantitative estimate of drug-likeness (QED) is 0.293. The summed E-state index contributed by atoms with van der Waals surface area (Å²) in [4.78, 5) is 29.8. The van der Waals surface area contributed by atoms with Crippen LogP contribution in [0.15, 0.2) is 49.2 Å². The number of hydrogen-bond donors (Lipinski definition) is 0. The molecule has 0 unspecified atom stereocenters. The molecule has 180 valence electrons. The fraction of sp³-hybridized carbons (Fsp3) is 0.333. The average molecular weight is 595 g/mol. The SMILES string of the molecule is COC(=O)[C@H](C)Oc1c(Br)cc(C=Nn2c(C(C)(C)C)nc3ccc(Br)cc3c2=O)cc1OC. The highest BCUT2D eigenvalue weighted by Crippen LogP contribution is 2.37. The second kappa shape index (κ2) is 10.3. The predicted octanol–water partition coefficient (Wildman–Crippen LogP) is 5.05. The van der Waals surface area contributed by atoms with Crippen molar-refractivity contribution < 1.29 is 19.0 Å². The molecule has 8 nitrogen and oxygen atoms in total. The van der Waals surface area contributed by atoms with E-state index in [1.807, 2.05) is 26.8 Å². The number of methoxy groups -OCH3 is 2. The van der Waals surface area contributed by atoms with Gasteiger partial charge in [-0.2, -0.15) is 9.78 Å². The Hall–Kier alpha value is -2.72. The molecule has 0 saturated heterocycles. The zero-order chi connectivity index (χ0) is 25.2. The molecular weight excluding hydrogens is 570 g/mol. The largest absolute Gasteiger partial charge is 0.493 e. The maximum atomic E-state index is 13.3. The highest BCUT2D eigenvalue weighted by Gasteiger charge is 2.23. The lowest BCUT2D eigenvalue weighted by Gasteiger charge is -2.21. The van der Waals surface area contributed by atoms with Gasteiger partial charge in [-0.1, -0.05) is 36.7 Å². The summed E-state index contributed by atoms with van der Waals surface area (Å²) in [6.07, 6.45) is 0.716. The number of carbonyl (C=O) groups is 1. The van der Waals surface area contributed by atoms with Gasteiger partial charge in [0.05, 0.1) is 35.8 Å². The second-order valence-electron chi connectivity index (χ2n) is 8.53. The summed E-state index contributed by atoms with van der Waals surface area (Å²) >= 11 is 6.87. The van der Waals surface area contributed by atoms with E-state index in [0.29, 0.717) is 38.3 Å². The van der Waals surface area contributed by atoms with Crippen molar-refractivity contribution in [3.63, 3.8) is 0 Å². The van der Waals surface area contributed by atoms with Gasteiger partial charge in [-0.15, -0.1) is 0 Å². The van der Waals surface area contributed by atoms with E-state index in [0.717, 1.165) is 4.47 Å². The van der Waals surface area contributed by atoms with Gasteiger partial charge in [-0.05, 0) is 58.7 Å². The highest BCUT2D eigenvalue weighted by atomic mass is 79.9. The number of carbonyl (C=O) groups excluding carboxylic acids is 1. The molecule has 0 fully saturated rings. The Kier molecular flexibility index (Phi) is 7.82. The van der Waals surface area contributed by atoms with Crippen molar-refractivity contribution in [1.82, 2.24) is 9.66 Å². The summed E-state index contributed by atoms with van der Waals surface area (Å²) in [5.74, 6) is 0.753. The maximum Gasteiger partial charge on any atom is 0.346 e. The summed E-state index contributed by atoms with van der Waals surface area (Å²) in [6.45, 7) is 7.50. The second-order valence-corrected chi connectivity index (χ2v) is 10.3. The van der Waals surface area contributed by atoms with Crippen LogP contribution in [0.2, 0.25) is 0 Å². The van der Waals surface area contributed by atoms with Gasteiger partial charge >= 0.3 is 5.97 Å². The number of esters is 1. The van der Waals surface area contributed by atoms with E-state index in [2.05, 4.69) is 37.0 Å². The number of ether oxygens (including phenoxy) is 3. The summed E-state index contributed by atoms with van der Waals surface area (Å²) in [6, 6.07) is 8.83. The Balaban J connectivity index is 2.09. The molecular formula is C24H25Br2N3O5. The van der Waals surface area contributed by atoms with E-state index in [4.69, 9.17) is 19.2 Å². The fourth-order valence-corrected chi connectivity index (χ4v) is 4.10. The van der Waals surface area contributed by atoms with Gasteiger partial charge in [-0.3, -0.25) is 4.79 Å². The Morgan fingerprint density at radius 2 is 1.88 bits per heavy atom. The zero-order valence-corrected chi connectivity index (χ0v) is 22.9. The number of benzene rings is 2. The third-order valence-corrected chi connectivity index (χ3v) is 5.96. The molecule has 1 heterocycles. The monoisotopic (exact) mass is 593 g/mol. The first-order chi connectivity index (χ1) is 16.0. The molecule has 0 N–H and O–H groups in total. The molecule has 0 spiro atoms. The van der Waals surface area contributed by atoms with Crippen LogP contribution in [0.4, 0.5) is 0 Å². The van der Waals surface area contributed by atoms with Crippen LogP contribution in [0.1, 0.15) is 39.1 Å². The van der Waals surface area contributed by atoms with E-state index in [9.17, 15) is 9.59 Å². The van der Waals surface area contributed by atoms with Crippen LogP contribution in [-0.4, -0.2) is 42.2 Å². The van der Waals surface area contributed by atoms with Crippen LogP contribution in [-0.2, 0) is 14.9 Å². The van der Waals surface area contributed by atoms with E-state index in [1.54, 1.807) is 37.4 Å². The summed E-state index contributed by atoms with van der Waals surface area (Å²) in [5.41, 5.74) is 0.543. The van der Waals surface area contributed by atoms with Gasteiger partial charge in [0, 0.05) is 9.89 Å².